The zero-order valence-electron chi connectivity index (χ0n) is 21.3. The third-order valence-electron chi connectivity index (χ3n) is 7.18. The first-order chi connectivity index (χ1) is 16.9. The van der Waals surface area contributed by atoms with Crippen molar-refractivity contribution in [3.63, 3.8) is 0 Å². The van der Waals surface area contributed by atoms with E-state index in [9.17, 15) is 0 Å². The van der Waals surface area contributed by atoms with Crippen LogP contribution in [0.5, 0.6) is 11.5 Å². The van der Waals surface area contributed by atoms with Crippen molar-refractivity contribution in [2.75, 3.05) is 40.5 Å². The lowest BCUT2D eigenvalue weighted by Crippen LogP contribution is -2.57. The van der Waals surface area contributed by atoms with Gasteiger partial charge in [-0.2, -0.15) is 0 Å². The molecule has 186 valence electrons. The summed E-state index contributed by atoms with van der Waals surface area (Å²) in [6.07, 6.45) is 0.148. The summed E-state index contributed by atoms with van der Waals surface area (Å²) in [5.74, 6) is 1.65. The third-order valence-corrected chi connectivity index (χ3v) is 7.18. The Bertz CT molecular complexity index is 1160. The molecule has 0 amide bonds. The van der Waals surface area contributed by atoms with E-state index in [-0.39, 0.29) is 0 Å². The second-order valence-electron chi connectivity index (χ2n) is 9.51. The van der Waals surface area contributed by atoms with Crippen LogP contribution in [0.15, 0.2) is 34.6 Å². The van der Waals surface area contributed by atoms with E-state index in [4.69, 9.17) is 23.9 Å². The molecule has 0 aliphatic carbocycles. The number of hydrogen-bond acceptors (Lipinski definition) is 8. The number of benzene rings is 2. The van der Waals surface area contributed by atoms with Gasteiger partial charge in [-0.15, -0.1) is 0 Å². The smallest absolute Gasteiger partial charge is 0.241 e. The molecule has 0 saturated carbocycles. The second kappa shape index (κ2) is 9.17. The molecular weight excluding hydrogens is 446 g/mol. The quantitative estimate of drug-likeness (QED) is 0.648. The molecule has 0 N–H and O–H groups in total. The number of ether oxygens (including phenoxy) is 3. The maximum absolute atomic E-state index is 6.42. The van der Waals surface area contributed by atoms with Crippen LogP contribution in [0.1, 0.15) is 39.8 Å². The molecule has 3 aliphatic rings. The van der Waals surface area contributed by atoms with Crippen molar-refractivity contribution < 1.29 is 23.9 Å². The van der Waals surface area contributed by atoms with Gasteiger partial charge in [-0.3, -0.25) is 4.90 Å². The zero-order chi connectivity index (χ0) is 24.7. The average molecular weight is 480 g/mol. The summed E-state index contributed by atoms with van der Waals surface area (Å²) in [5.41, 5.74) is 7.20. The number of aryl methyl sites for hydroxylation is 4. The highest BCUT2D eigenvalue weighted by Gasteiger charge is 2.60. The van der Waals surface area contributed by atoms with Gasteiger partial charge in [-0.25, -0.2) is 0 Å². The van der Waals surface area contributed by atoms with Crippen LogP contribution >= 0.6 is 0 Å². The molecule has 1 saturated heterocycles. The molecule has 2 aromatic carbocycles. The zero-order valence-corrected chi connectivity index (χ0v) is 21.3. The van der Waals surface area contributed by atoms with E-state index in [1.54, 1.807) is 14.2 Å². The van der Waals surface area contributed by atoms with Crippen LogP contribution in [-0.2, 0) is 14.4 Å². The van der Waals surface area contributed by atoms with Gasteiger partial charge >= 0.3 is 0 Å². The summed E-state index contributed by atoms with van der Waals surface area (Å²) in [6, 6.07) is 8.12. The number of rotatable bonds is 5. The van der Waals surface area contributed by atoms with Crippen molar-refractivity contribution >= 4 is 11.4 Å². The summed E-state index contributed by atoms with van der Waals surface area (Å²) in [6.45, 7) is 11.1. The number of morpholine rings is 1. The maximum Gasteiger partial charge on any atom is 0.241 e. The summed E-state index contributed by atoms with van der Waals surface area (Å²) >= 11 is 0. The summed E-state index contributed by atoms with van der Waals surface area (Å²) in [7, 11) is 3.36. The molecule has 0 radical (unpaired) electrons. The summed E-state index contributed by atoms with van der Waals surface area (Å²) < 4.78 is 16.6. The van der Waals surface area contributed by atoms with Crippen molar-refractivity contribution in [1.29, 1.82) is 0 Å². The Labute approximate surface area is 206 Å². The minimum atomic E-state index is -0.865. The molecule has 5 rings (SSSR count). The van der Waals surface area contributed by atoms with E-state index in [2.05, 4.69) is 42.9 Å². The fourth-order valence-electron chi connectivity index (χ4n) is 5.57. The number of hydrogen-bond donors (Lipinski definition) is 0. The van der Waals surface area contributed by atoms with E-state index >= 15 is 0 Å². The second-order valence-corrected chi connectivity index (χ2v) is 9.51. The fourth-order valence-corrected chi connectivity index (χ4v) is 5.57. The minimum absolute atomic E-state index is 0.401. The molecule has 0 bridgehead atoms. The van der Waals surface area contributed by atoms with Crippen molar-refractivity contribution in [1.82, 2.24) is 4.90 Å². The highest BCUT2D eigenvalue weighted by Crippen LogP contribution is 2.43. The lowest BCUT2D eigenvalue weighted by atomic mass is 9.81. The van der Waals surface area contributed by atoms with Crippen LogP contribution in [0, 0.1) is 27.7 Å². The van der Waals surface area contributed by atoms with Gasteiger partial charge in [0.25, 0.3) is 0 Å². The molecule has 8 nitrogen and oxygen atoms in total. The first-order valence-corrected chi connectivity index (χ1v) is 12.0. The Kier molecular flexibility index (Phi) is 6.19. The van der Waals surface area contributed by atoms with Crippen molar-refractivity contribution in [3.8, 4) is 11.5 Å². The largest absolute Gasteiger partial charge is 0.497 e. The van der Waals surface area contributed by atoms with Crippen LogP contribution in [0.2, 0.25) is 0 Å². The lowest BCUT2D eigenvalue weighted by molar-refractivity contribution is -0.159. The maximum atomic E-state index is 6.42. The van der Waals surface area contributed by atoms with E-state index in [1.807, 2.05) is 24.3 Å². The minimum Gasteiger partial charge on any atom is -0.497 e. The SMILES string of the molecule is COc1cc(C)c(C2=NO[C@@]3(C2)C(c2c(C)cc(OC)cc2C)=NO[C@@H]3N2CCOCC2)c(C)c1. The Morgan fingerprint density at radius 3 is 1.91 bits per heavy atom. The number of nitrogens with zero attached hydrogens (tertiary/aromatic N) is 3. The Morgan fingerprint density at radius 2 is 1.37 bits per heavy atom. The number of methoxy groups -OCH3 is 2. The molecule has 3 aliphatic heterocycles. The third kappa shape index (κ3) is 3.94. The van der Waals surface area contributed by atoms with E-state index < -0.39 is 11.8 Å². The van der Waals surface area contributed by atoms with Gasteiger partial charge in [0.15, 0.2) is 0 Å². The molecule has 1 fully saturated rings. The molecule has 8 heteroatoms. The molecule has 1 spiro atoms. The molecule has 2 atom stereocenters. The number of oxime groups is 2. The van der Waals surface area contributed by atoms with Gasteiger partial charge in [0.05, 0.1) is 33.1 Å². The van der Waals surface area contributed by atoms with Crippen molar-refractivity contribution in [3.05, 3.63) is 57.6 Å². The highest BCUT2D eigenvalue weighted by atomic mass is 16.7. The van der Waals surface area contributed by atoms with Gasteiger partial charge in [0, 0.05) is 30.6 Å². The van der Waals surface area contributed by atoms with E-state index in [0.29, 0.717) is 19.6 Å². The van der Waals surface area contributed by atoms with Gasteiger partial charge in [-0.1, -0.05) is 10.3 Å². The molecule has 0 aromatic heterocycles. The predicted octanol–water partition coefficient (Wildman–Crippen LogP) is 3.89. The predicted molar refractivity (Wildman–Crippen MR) is 134 cm³/mol. The van der Waals surface area contributed by atoms with Gasteiger partial charge < -0.3 is 23.9 Å². The normalized spacial score (nSPS) is 24.1. The van der Waals surface area contributed by atoms with Crippen LogP contribution in [0.3, 0.4) is 0 Å². The van der Waals surface area contributed by atoms with Crippen LogP contribution in [0.4, 0.5) is 0 Å². The van der Waals surface area contributed by atoms with Crippen molar-refractivity contribution in [2.24, 2.45) is 10.3 Å². The van der Waals surface area contributed by atoms with Crippen LogP contribution in [-0.4, -0.2) is 68.7 Å². The Balaban J connectivity index is 1.57. The first-order valence-electron chi connectivity index (χ1n) is 12.0. The lowest BCUT2D eigenvalue weighted by Gasteiger charge is -2.37. The standard InChI is InChI=1S/C27H33N3O5/c1-16-11-20(31-5)12-17(2)23(16)22-15-27(35-28-22)25(24-18(3)13-21(32-6)14-19(24)4)29-34-26(27)30-7-9-33-10-8-30/h11-14,26H,7-10,15H2,1-6H3/t26-,27-/m0/s1. The molecule has 3 heterocycles. The molecular formula is C27H33N3O5. The monoisotopic (exact) mass is 479 g/mol. The molecule has 2 aromatic rings. The average Bonchev–Trinajstić information content (AvgIpc) is 3.43. The van der Waals surface area contributed by atoms with Gasteiger partial charge in [0.2, 0.25) is 11.8 Å². The van der Waals surface area contributed by atoms with Crippen LogP contribution in [0.25, 0.3) is 0 Å². The topological polar surface area (TPSA) is 74.1 Å². The van der Waals surface area contributed by atoms with Gasteiger partial charge in [0.1, 0.15) is 17.2 Å². The van der Waals surface area contributed by atoms with Crippen LogP contribution < -0.4 is 9.47 Å². The summed E-state index contributed by atoms with van der Waals surface area (Å²) in [4.78, 5) is 14.8. The highest BCUT2D eigenvalue weighted by molar-refractivity contribution is 6.15. The Hall–Kier alpha value is -3.10. The van der Waals surface area contributed by atoms with E-state index in [1.165, 1.54) is 0 Å². The van der Waals surface area contributed by atoms with Crippen molar-refractivity contribution in [2.45, 2.75) is 45.9 Å². The molecule has 0 unspecified atom stereocenters. The van der Waals surface area contributed by atoms with Gasteiger partial charge in [-0.05, 0) is 74.2 Å². The molecule has 35 heavy (non-hydrogen) atoms. The Morgan fingerprint density at radius 1 is 0.829 bits per heavy atom. The van der Waals surface area contributed by atoms with E-state index in [0.717, 1.165) is 69.4 Å². The fraction of sp³-hybridized carbons (Fsp3) is 0.481. The summed E-state index contributed by atoms with van der Waals surface area (Å²) in [5, 5.41) is 9.32. The first kappa shape index (κ1) is 23.6.